The Hall–Kier alpha value is -2.08. The molecule has 2 amide bonds. The van der Waals surface area contributed by atoms with E-state index in [0.29, 0.717) is 28.8 Å². The fraction of sp³-hybridized carbons (Fsp3) is 0.400. The minimum absolute atomic E-state index is 0.0707. The third kappa shape index (κ3) is 9.84. The molecule has 7 nitrogen and oxygen atoms in total. The van der Waals surface area contributed by atoms with Crippen LogP contribution in [0.25, 0.3) is 0 Å². The van der Waals surface area contributed by atoms with E-state index in [-0.39, 0.29) is 5.96 Å². The number of aliphatic imine (C=N–C) groups is 2. The number of guanidine groups is 1. The molecule has 0 bridgehead atoms. The van der Waals surface area contributed by atoms with Crippen LogP contribution in [0.1, 0.15) is 26.7 Å². The summed E-state index contributed by atoms with van der Waals surface area (Å²) in [5.41, 5.74) is 5.90. The second-order valence-electron chi connectivity index (χ2n) is 4.42. The van der Waals surface area contributed by atoms with E-state index >= 15 is 0 Å². The van der Waals surface area contributed by atoms with Crippen molar-refractivity contribution >= 4 is 47.0 Å². The Morgan fingerprint density at radius 1 is 1.25 bits per heavy atom. The van der Waals surface area contributed by atoms with Crippen LogP contribution < -0.4 is 16.4 Å². The van der Waals surface area contributed by atoms with Gasteiger partial charge in [0.1, 0.15) is 5.69 Å². The zero-order valence-electron chi connectivity index (χ0n) is 13.6. The second kappa shape index (κ2) is 13.4. The van der Waals surface area contributed by atoms with Gasteiger partial charge in [0.25, 0.3) is 0 Å². The second-order valence-corrected chi connectivity index (χ2v) is 5.24. The Morgan fingerprint density at radius 2 is 1.88 bits per heavy atom. The van der Waals surface area contributed by atoms with E-state index < -0.39 is 6.03 Å². The smallest absolute Gasteiger partial charge is 0.321 e. The predicted octanol–water partition coefficient (Wildman–Crippen LogP) is 3.38. The normalized spacial score (nSPS) is 10.1. The SMILES string of the molecule is CCCN=C=O.CCCNC(=O)NC(N)=Nc1c(Cl)cccc1Cl. The van der Waals surface area contributed by atoms with Gasteiger partial charge < -0.3 is 11.1 Å². The summed E-state index contributed by atoms with van der Waals surface area (Å²) in [5, 5.41) is 5.70. The van der Waals surface area contributed by atoms with Crippen LogP contribution in [0, 0.1) is 0 Å². The van der Waals surface area contributed by atoms with Crippen LogP contribution in [0.5, 0.6) is 0 Å². The van der Waals surface area contributed by atoms with Crippen LogP contribution in [-0.2, 0) is 4.79 Å². The highest BCUT2D eigenvalue weighted by molar-refractivity contribution is 6.38. The minimum Gasteiger partial charge on any atom is -0.369 e. The van der Waals surface area contributed by atoms with Crippen LogP contribution in [0.4, 0.5) is 10.5 Å². The molecule has 0 atom stereocenters. The van der Waals surface area contributed by atoms with Crippen LogP contribution in [0.3, 0.4) is 0 Å². The van der Waals surface area contributed by atoms with Gasteiger partial charge in [-0.2, -0.15) is 0 Å². The summed E-state index contributed by atoms with van der Waals surface area (Å²) in [7, 11) is 0. The molecule has 0 radical (unpaired) electrons. The first kappa shape index (κ1) is 21.9. The molecule has 0 fully saturated rings. The molecule has 132 valence electrons. The lowest BCUT2D eigenvalue weighted by molar-refractivity contribution is 0.245. The Balaban J connectivity index is 0.000000754. The number of isocyanates is 1. The molecule has 0 saturated heterocycles. The number of carbonyl (C=O) groups excluding carboxylic acids is 2. The van der Waals surface area contributed by atoms with Gasteiger partial charge in [0.05, 0.1) is 16.6 Å². The molecule has 0 saturated carbocycles. The van der Waals surface area contributed by atoms with Gasteiger partial charge >= 0.3 is 6.03 Å². The fourth-order valence-electron chi connectivity index (χ4n) is 1.30. The molecule has 0 aliphatic rings. The summed E-state index contributed by atoms with van der Waals surface area (Å²) < 4.78 is 0. The number of amides is 2. The fourth-order valence-corrected chi connectivity index (χ4v) is 1.78. The quantitative estimate of drug-likeness (QED) is 0.418. The van der Waals surface area contributed by atoms with Crippen molar-refractivity contribution in [1.82, 2.24) is 10.6 Å². The maximum absolute atomic E-state index is 11.3. The van der Waals surface area contributed by atoms with Crippen molar-refractivity contribution in [2.24, 2.45) is 15.7 Å². The maximum atomic E-state index is 11.3. The molecule has 1 aromatic rings. The van der Waals surface area contributed by atoms with Crippen molar-refractivity contribution in [2.75, 3.05) is 13.1 Å². The zero-order valence-corrected chi connectivity index (χ0v) is 15.1. The lowest BCUT2D eigenvalue weighted by atomic mass is 10.3. The molecule has 1 aromatic carbocycles. The highest BCUT2D eigenvalue weighted by Gasteiger charge is 2.06. The Bertz CT molecular complexity index is 581. The van der Waals surface area contributed by atoms with E-state index in [1.807, 2.05) is 13.8 Å². The lowest BCUT2D eigenvalue weighted by Gasteiger charge is -2.07. The first-order valence-corrected chi connectivity index (χ1v) is 8.08. The van der Waals surface area contributed by atoms with Gasteiger partial charge in [0, 0.05) is 6.54 Å². The molecule has 0 spiro atoms. The number of urea groups is 1. The molecule has 0 heterocycles. The van der Waals surface area contributed by atoms with Crippen LogP contribution in [0.2, 0.25) is 10.0 Å². The van der Waals surface area contributed by atoms with Gasteiger partial charge in [0.2, 0.25) is 12.0 Å². The standard InChI is InChI=1S/C11H14Cl2N4O.C4H7NO/c1-2-6-15-11(18)17-10(14)16-9-7(12)4-3-5-8(9)13;1-2-3-5-4-6/h3-5H,2,6H2,1H3,(H4,14,15,16,17,18);2-3H2,1H3. The Kier molecular flexibility index (Phi) is 12.2. The Labute approximate surface area is 151 Å². The van der Waals surface area contributed by atoms with Gasteiger partial charge in [-0.1, -0.05) is 43.1 Å². The predicted molar refractivity (Wildman–Crippen MR) is 97.8 cm³/mol. The van der Waals surface area contributed by atoms with E-state index in [1.165, 1.54) is 6.08 Å². The van der Waals surface area contributed by atoms with Crippen molar-refractivity contribution in [3.63, 3.8) is 0 Å². The van der Waals surface area contributed by atoms with Crippen molar-refractivity contribution in [3.8, 4) is 0 Å². The third-order valence-electron chi connectivity index (χ3n) is 2.35. The van der Waals surface area contributed by atoms with Gasteiger partial charge in [-0.25, -0.2) is 19.6 Å². The minimum atomic E-state index is -0.415. The molecule has 0 unspecified atom stereocenters. The van der Waals surface area contributed by atoms with E-state index in [1.54, 1.807) is 18.2 Å². The third-order valence-corrected chi connectivity index (χ3v) is 2.96. The van der Waals surface area contributed by atoms with Crippen LogP contribution in [-0.4, -0.2) is 31.2 Å². The number of hydrogen-bond donors (Lipinski definition) is 3. The molecule has 9 heteroatoms. The zero-order chi connectivity index (χ0) is 18.4. The first-order valence-electron chi connectivity index (χ1n) is 7.32. The number of nitrogens with two attached hydrogens (primary N) is 1. The largest absolute Gasteiger partial charge is 0.369 e. The van der Waals surface area contributed by atoms with Crippen molar-refractivity contribution in [1.29, 1.82) is 0 Å². The van der Waals surface area contributed by atoms with Gasteiger partial charge in [-0.15, -0.1) is 0 Å². The summed E-state index contributed by atoms with van der Waals surface area (Å²) in [6.07, 6.45) is 3.20. The topological polar surface area (TPSA) is 109 Å². The number of halogens is 2. The van der Waals surface area contributed by atoms with E-state index in [4.69, 9.17) is 28.9 Å². The molecule has 4 N–H and O–H groups in total. The Morgan fingerprint density at radius 3 is 2.33 bits per heavy atom. The van der Waals surface area contributed by atoms with Gasteiger partial charge in [-0.05, 0) is 25.0 Å². The molecule has 0 aliphatic heterocycles. The monoisotopic (exact) mass is 373 g/mol. The molecular weight excluding hydrogens is 353 g/mol. The number of carbonyl (C=O) groups is 1. The average molecular weight is 374 g/mol. The number of hydrogen-bond acceptors (Lipinski definition) is 4. The van der Waals surface area contributed by atoms with Gasteiger partial charge in [-0.3, -0.25) is 5.32 Å². The summed E-state index contributed by atoms with van der Waals surface area (Å²) >= 11 is 11.8. The van der Waals surface area contributed by atoms with Crippen LogP contribution >= 0.6 is 23.2 Å². The summed E-state index contributed by atoms with van der Waals surface area (Å²) in [6, 6.07) is 4.55. The van der Waals surface area contributed by atoms with E-state index in [2.05, 4.69) is 20.6 Å². The molecule has 0 aliphatic carbocycles. The summed E-state index contributed by atoms with van der Waals surface area (Å²) in [5.74, 6) is -0.0707. The first-order chi connectivity index (χ1) is 11.5. The summed E-state index contributed by atoms with van der Waals surface area (Å²) in [4.78, 5) is 27.8. The van der Waals surface area contributed by atoms with Gasteiger partial charge in [0.15, 0.2) is 0 Å². The van der Waals surface area contributed by atoms with E-state index in [9.17, 15) is 9.59 Å². The summed E-state index contributed by atoms with van der Waals surface area (Å²) in [6.45, 7) is 5.08. The van der Waals surface area contributed by atoms with Crippen molar-refractivity contribution < 1.29 is 9.59 Å². The lowest BCUT2D eigenvalue weighted by Crippen LogP contribution is -2.43. The van der Waals surface area contributed by atoms with E-state index in [0.717, 1.165) is 12.8 Å². The number of nitrogens with zero attached hydrogens (tertiary/aromatic N) is 2. The maximum Gasteiger partial charge on any atom is 0.321 e. The molecular formula is C15H21Cl2N5O2. The number of para-hydroxylation sites is 1. The average Bonchev–Trinajstić information content (AvgIpc) is 2.55. The van der Waals surface area contributed by atoms with Crippen molar-refractivity contribution in [3.05, 3.63) is 28.2 Å². The number of nitrogens with one attached hydrogen (secondary N) is 2. The van der Waals surface area contributed by atoms with Crippen LogP contribution in [0.15, 0.2) is 28.2 Å². The number of rotatable bonds is 5. The van der Waals surface area contributed by atoms with Crippen molar-refractivity contribution in [2.45, 2.75) is 26.7 Å². The molecule has 1 rings (SSSR count). The highest BCUT2D eigenvalue weighted by Crippen LogP contribution is 2.32. The molecule has 0 aromatic heterocycles. The highest BCUT2D eigenvalue weighted by atomic mass is 35.5. The molecule has 24 heavy (non-hydrogen) atoms. The number of benzene rings is 1.